The fourth-order valence-corrected chi connectivity index (χ4v) is 2.62. The van der Waals surface area contributed by atoms with E-state index in [1.165, 1.54) is 0 Å². The molecule has 0 aromatic rings. The highest BCUT2D eigenvalue weighted by atomic mass is 16.4. The van der Waals surface area contributed by atoms with Crippen molar-refractivity contribution in [3.8, 4) is 0 Å². The number of aliphatic carboxylic acids is 1. The zero-order valence-corrected chi connectivity index (χ0v) is 16.2. The summed E-state index contributed by atoms with van der Waals surface area (Å²) in [7, 11) is 0. The highest BCUT2D eigenvalue weighted by Crippen LogP contribution is 2.23. The summed E-state index contributed by atoms with van der Waals surface area (Å²) in [4.78, 5) is 21.7. The van der Waals surface area contributed by atoms with Crippen molar-refractivity contribution in [1.82, 2.24) is 0 Å². The SMILES string of the molecule is CC(=O)CCC(/C=C/C(C)(O)CC(O)/C=C(/C)CCC(=O)O)C(C)C. The number of carbonyl (C=O) groups excluding carboxylic acids is 1. The molecule has 0 radical (unpaired) electrons. The minimum absolute atomic E-state index is 0.0254. The van der Waals surface area contributed by atoms with E-state index in [4.69, 9.17) is 5.11 Å². The molecule has 3 N–H and O–H groups in total. The number of Topliss-reactive ketones (excluding diaryl/α,β-unsaturated/α-hetero) is 1. The molecule has 144 valence electrons. The molecule has 0 fully saturated rings. The Morgan fingerprint density at radius 3 is 2.20 bits per heavy atom. The highest BCUT2D eigenvalue weighted by molar-refractivity contribution is 5.75. The van der Waals surface area contributed by atoms with E-state index in [9.17, 15) is 19.8 Å². The van der Waals surface area contributed by atoms with Gasteiger partial charge in [0.05, 0.1) is 11.7 Å². The molecule has 3 atom stereocenters. The van der Waals surface area contributed by atoms with Gasteiger partial charge in [-0.05, 0) is 45.4 Å². The molecule has 0 spiro atoms. The Balaban J connectivity index is 4.73. The first kappa shape index (κ1) is 23.5. The number of hydrogen-bond acceptors (Lipinski definition) is 4. The van der Waals surface area contributed by atoms with Gasteiger partial charge in [-0.15, -0.1) is 0 Å². The third-order valence-corrected chi connectivity index (χ3v) is 4.22. The molecule has 5 nitrogen and oxygen atoms in total. The molecule has 0 saturated heterocycles. The van der Waals surface area contributed by atoms with Crippen molar-refractivity contribution in [2.45, 2.75) is 78.4 Å². The number of carboxylic acids is 1. The first-order chi connectivity index (χ1) is 11.4. The molecule has 0 aromatic carbocycles. The molecular weight excluding hydrogens is 320 g/mol. The summed E-state index contributed by atoms with van der Waals surface area (Å²) in [5, 5.41) is 29.3. The molecule has 0 aliphatic rings. The second-order valence-electron chi connectivity index (χ2n) is 7.54. The van der Waals surface area contributed by atoms with Gasteiger partial charge < -0.3 is 20.1 Å². The fourth-order valence-electron chi connectivity index (χ4n) is 2.62. The number of aliphatic hydroxyl groups excluding tert-OH is 1. The average Bonchev–Trinajstić information content (AvgIpc) is 2.43. The number of rotatable bonds is 12. The lowest BCUT2D eigenvalue weighted by Gasteiger charge is -2.24. The van der Waals surface area contributed by atoms with Crippen LogP contribution in [0, 0.1) is 11.8 Å². The molecular formula is C20H34O5. The molecule has 0 amide bonds. The van der Waals surface area contributed by atoms with Gasteiger partial charge in [-0.3, -0.25) is 4.79 Å². The van der Waals surface area contributed by atoms with Crippen molar-refractivity contribution < 1.29 is 24.9 Å². The van der Waals surface area contributed by atoms with Crippen molar-refractivity contribution >= 4 is 11.8 Å². The fraction of sp³-hybridized carbons (Fsp3) is 0.700. The lowest BCUT2D eigenvalue weighted by Crippen LogP contribution is -2.27. The van der Waals surface area contributed by atoms with Gasteiger partial charge in [-0.2, -0.15) is 0 Å². The van der Waals surface area contributed by atoms with Crippen LogP contribution in [0.3, 0.4) is 0 Å². The second-order valence-corrected chi connectivity index (χ2v) is 7.54. The van der Waals surface area contributed by atoms with Gasteiger partial charge in [0.15, 0.2) is 0 Å². The molecule has 0 bridgehead atoms. The number of hydrogen-bond donors (Lipinski definition) is 3. The largest absolute Gasteiger partial charge is 0.481 e. The molecule has 0 aliphatic heterocycles. The van der Waals surface area contributed by atoms with Gasteiger partial charge in [0.1, 0.15) is 5.78 Å². The number of carbonyl (C=O) groups is 2. The van der Waals surface area contributed by atoms with E-state index in [0.29, 0.717) is 18.8 Å². The van der Waals surface area contributed by atoms with Crippen molar-refractivity contribution in [2.24, 2.45) is 11.8 Å². The Hall–Kier alpha value is -1.46. The second kappa shape index (κ2) is 11.2. The maximum absolute atomic E-state index is 11.2. The van der Waals surface area contributed by atoms with Crippen LogP contribution < -0.4 is 0 Å². The molecule has 0 saturated carbocycles. The summed E-state index contributed by atoms with van der Waals surface area (Å²) in [6.45, 7) is 9.13. The molecule has 0 rings (SSSR count). The van der Waals surface area contributed by atoms with Crippen LogP contribution in [0.25, 0.3) is 0 Å². The Morgan fingerprint density at radius 2 is 1.72 bits per heavy atom. The van der Waals surface area contributed by atoms with E-state index >= 15 is 0 Å². The normalized spacial score (nSPS) is 17.5. The predicted octanol–water partition coefficient (Wildman–Crippen LogP) is 3.50. The van der Waals surface area contributed by atoms with Crippen LogP contribution in [0.1, 0.15) is 66.7 Å². The number of allylic oxidation sites excluding steroid dienone is 2. The number of carboxylic acid groups (broad SMARTS) is 1. The molecule has 3 unspecified atom stereocenters. The Kier molecular flexibility index (Phi) is 10.6. The molecule has 25 heavy (non-hydrogen) atoms. The smallest absolute Gasteiger partial charge is 0.303 e. The first-order valence-electron chi connectivity index (χ1n) is 8.91. The highest BCUT2D eigenvalue weighted by Gasteiger charge is 2.22. The van der Waals surface area contributed by atoms with Crippen molar-refractivity contribution in [3.63, 3.8) is 0 Å². The van der Waals surface area contributed by atoms with Crippen molar-refractivity contribution in [3.05, 3.63) is 23.8 Å². The minimum Gasteiger partial charge on any atom is -0.481 e. The standard InChI is InChI=1S/C20H34O5/c1-14(2)17(8-7-16(4)21)10-11-20(5,25)13-18(22)12-15(3)6-9-19(23)24/h10-12,14,17-18,22,25H,6-9,13H2,1-5H3,(H,23,24)/b11-10+,15-12-. The van der Waals surface area contributed by atoms with Crippen molar-refractivity contribution in [2.75, 3.05) is 0 Å². The van der Waals surface area contributed by atoms with E-state index in [2.05, 4.69) is 13.8 Å². The van der Waals surface area contributed by atoms with Crippen LogP contribution in [-0.4, -0.2) is 38.8 Å². The Morgan fingerprint density at radius 1 is 1.12 bits per heavy atom. The summed E-state index contributed by atoms with van der Waals surface area (Å²) in [6, 6.07) is 0. The monoisotopic (exact) mass is 354 g/mol. The van der Waals surface area contributed by atoms with Crippen LogP contribution in [0.4, 0.5) is 0 Å². The van der Waals surface area contributed by atoms with E-state index in [1.807, 2.05) is 6.08 Å². The zero-order chi connectivity index (χ0) is 19.6. The molecule has 0 aromatic heterocycles. The number of aliphatic hydroxyl groups is 2. The lowest BCUT2D eigenvalue weighted by molar-refractivity contribution is -0.137. The summed E-state index contributed by atoms with van der Waals surface area (Å²) >= 11 is 0. The quantitative estimate of drug-likeness (QED) is 0.466. The molecule has 5 heteroatoms. The van der Waals surface area contributed by atoms with E-state index in [1.54, 1.807) is 32.9 Å². The third-order valence-electron chi connectivity index (χ3n) is 4.22. The van der Waals surface area contributed by atoms with Gasteiger partial charge in [0.2, 0.25) is 0 Å². The Bertz CT molecular complexity index is 488. The van der Waals surface area contributed by atoms with Crippen LogP contribution in [0.15, 0.2) is 23.8 Å². The summed E-state index contributed by atoms with van der Waals surface area (Å²) < 4.78 is 0. The minimum atomic E-state index is -1.17. The first-order valence-corrected chi connectivity index (χ1v) is 8.91. The van der Waals surface area contributed by atoms with Gasteiger partial charge in [-0.1, -0.05) is 37.6 Å². The van der Waals surface area contributed by atoms with E-state index in [0.717, 1.165) is 12.0 Å². The van der Waals surface area contributed by atoms with E-state index < -0.39 is 17.7 Å². The van der Waals surface area contributed by atoms with Gasteiger partial charge in [0, 0.05) is 19.3 Å². The maximum atomic E-state index is 11.2. The summed E-state index contributed by atoms with van der Waals surface area (Å²) in [6.07, 6.45) is 6.18. The summed E-state index contributed by atoms with van der Waals surface area (Å²) in [5.41, 5.74) is -0.386. The van der Waals surface area contributed by atoms with Gasteiger partial charge in [-0.25, -0.2) is 0 Å². The lowest BCUT2D eigenvalue weighted by atomic mass is 9.87. The third kappa shape index (κ3) is 12.5. The van der Waals surface area contributed by atoms with Crippen LogP contribution in [0.2, 0.25) is 0 Å². The number of ketones is 1. The van der Waals surface area contributed by atoms with Crippen molar-refractivity contribution in [1.29, 1.82) is 0 Å². The van der Waals surface area contributed by atoms with E-state index in [-0.39, 0.29) is 24.5 Å². The maximum Gasteiger partial charge on any atom is 0.303 e. The average molecular weight is 354 g/mol. The molecule has 0 heterocycles. The summed E-state index contributed by atoms with van der Waals surface area (Å²) in [5.74, 6) is -0.166. The van der Waals surface area contributed by atoms with Gasteiger partial charge in [0.25, 0.3) is 0 Å². The van der Waals surface area contributed by atoms with Crippen LogP contribution in [0.5, 0.6) is 0 Å². The Labute approximate surface area is 151 Å². The van der Waals surface area contributed by atoms with Crippen LogP contribution in [-0.2, 0) is 9.59 Å². The predicted molar refractivity (Wildman–Crippen MR) is 99.3 cm³/mol. The zero-order valence-electron chi connectivity index (χ0n) is 16.2. The molecule has 0 aliphatic carbocycles. The van der Waals surface area contributed by atoms with Crippen LogP contribution >= 0.6 is 0 Å². The van der Waals surface area contributed by atoms with Gasteiger partial charge >= 0.3 is 5.97 Å². The topological polar surface area (TPSA) is 94.8 Å².